The van der Waals surface area contributed by atoms with Crippen molar-refractivity contribution >= 4 is 11.9 Å². The number of rotatable bonds is 1. The van der Waals surface area contributed by atoms with Crippen molar-refractivity contribution in [1.82, 2.24) is 10.3 Å². The van der Waals surface area contributed by atoms with E-state index in [0.29, 0.717) is 5.70 Å². The minimum atomic E-state index is 0.0409. The Hall–Kier alpha value is -1.77. The van der Waals surface area contributed by atoms with Gasteiger partial charge in [0.2, 0.25) is 5.78 Å². The van der Waals surface area contributed by atoms with Gasteiger partial charge in [-0.05, 0) is 38.5 Å². The monoisotopic (exact) mass is 202 g/mol. The van der Waals surface area contributed by atoms with E-state index in [-0.39, 0.29) is 5.78 Å². The van der Waals surface area contributed by atoms with Crippen LogP contribution in [0.4, 0.5) is 0 Å². The molecule has 0 radical (unpaired) electrons. The predicted octanol–water partition coefficient (Wildman–Crippen LogP) is 2.05. The molecule has 1 aromatic heterocycles. The fourth-order valence-electron chi connectivity index (χ4n) is 1.74. The minimum Gasteiger partial charge on any atom is -0.359 e. The van der Waals surface area contributed by atoms with E-state index in [1.807, 2.05) is 26.8 Å². The van der Waals surface area contributed by atoms with E-state index in [4.69, 9.17) is 0 Å². The molecule has 2 rings (SSSR count). The molecule has 3 nitrogen and oxygen atoms in total. The Morgan fingerprint density at radius 2 is 2.00 bits per heavy atom. The van der Waals surface area contributed by atoms with Gasteiger partial charge in [0, 0.05) is 23.2 Å². The Bertz CT molecular complexity index is 478. The summed E-state index contributed by atoms with van der Waals surface area (Å²) in [6.45, 7) is 5.91. The van der Waals surface area contributed by atoms with Crippen molar-refractivity contribution in [3.8, 4) is 0 Å². The third kappa shape index (κ3) is 1.86. The van der Waals surface area contributed by atoms with E-state index in [1.54, 1.807) is 6.08 Å². The molecule has 78 valence electrons. The molecule has 0 aromatic carbocycles. The minimum absolute atomic E-state index is 0.0409. The van der Waals surface area contributed by atoms with Crippen molar-refractivity contribution < 1.29 is 4.79 Å². The molecule has 1 aromatic rings. The number of carbonyl (C=O) groups is 1. The summed E-state index contributed by atoms with van der Waals surface area (Å²) in [5, 5.41) is 3.04. The molecule has 3 heteroatoms. The van der Waals surface area contributed by atoms with Crippen molar-refractivity contribution in [2.45, 2.75) is 20.8 Å². The van der Waals surface area contributed by atoms with Gasteiger partial charge in [-0.25, -0.2) is 0 Å². The van der Waals surface area contributed by atoms with Crippen LogP contribution in [0.15, 0.2) is 23.5 Å². The lowest BCUT2D eigenvalue weighted by molar-refractivity contribution is -0.111. The zero-order chi connectivity index (χ0) is 11.0. The number of aryl methyl sites for hydroxylation is 2. The second kappa shape index (κ2) is 3.42. The summed E-state index contributed by atoms with van der Waals surface area (Å²) in [5.74, 6) is 0.0409. The van der Waals surface area contributed by atoms with Gasteiger partial charge in [0.25, 0.3) is 0 Å². The highest BCUT2D eigenvalue weighted by Gasteiger charge is 2.15. The highest BCUT2D eigenvalue weighted by Crippen LogP contribution is 2.16. The van der Waals surface area contributed by atoms with Gasteiger partial charge < -0.3 is 10.3 Å². The molecule has 0 saturated heterocycles. The van der Waals surface area contributed by atoms with Crippen molar-refractivity contribution in [1.29, 1.82) is 0 Å². The van der Waals surface area contributed by atoms with Crippen LogP contribution < -0.4 is 5.32 Å². The quantitative estimate of drug-likeness (QED) is 0.684. The molecular weight excluding hydrogens is 188 g/mol. The lowest BCUT2D eigenvalue weighted by atomic mass is 10.2. The average molecular weight is 202 g/mol. The molecule has 15 heavy (non-hydrogen) atoms. The number of aromatic nitrogens is 1. The number of hydrogen-bond donors (Lipinski definition) is 2. The van der Waals surface area contributed by atoms with E-state index in [0.717, 1.165) is 22.6 Å². The molecular formula is C12H14N2O. The largest absolute Gasteiger partial charge is 0.359 e. The van der Waals surface area contributed by atoms with Crippen LogP contribution in [0.25, 0.3) is 6.08 Å². The van der Waals surface area contributed by atoms with E-state index in [1.165, 1.54) is 0 Å². The Morgan fingerprint density at radius 1 is 1.27 bits per heavy atom. The lowest BCUT2D eigenvalue weighted by Gasteiger charge is -1.99. The number of nitrogens with one attached hydrogen (secondary N) is 2. The summed E-state index contributed by atoms with van der Waals surface area (Å²) >= 11 is 0. The van der Waals surface area contributed by atoms with Gasteiger partial charge in [-0.15, -0.1) is 0 Å². The second-order valence-electron chi connectivity index (χ2n) is 3.92. The van der Waals surface area contributed by atoms with E-state index >= 15 is 0 Å². The first kappa shape index (κ1) is 9.77. The van der Waals surface area contributed by atoms with Crippen LogP contribution in [-0.4, -0.2) is 10.8 Å². The molecule has 2 N–H and O–H groups in total. The Morgan fingerprint density at radius 3 is 2.47 bits per heavy atom. The Labute approximate surface area is 88.9 Å². The standard InChI is InChI=1S/C12H14N2O/c1-7-4-8(2)13-10(7)6-11-12(15)5-9(3)14-11/h4-6,13-14H,1-3H3/b11-6-. The van der Waals surface area contributed by atoms with Gasteiger partial charge >= 0.3 is 0 Å². The van der Waals surface area contributed by atoms with Crippen LogP contribution in [0.5, 0.6) is 0 Å². The Balaban J connectivity index is 2.33. The topological polar surface area (TPSA) is 44.9 Å². The maximum atomic E-state index is 11.5. The van der Waals surface area contributed by atoms with Crippen LogP contribution in [0.1, 0.15) is 23.9 Å². The number of hydrogen-bond acceptors (Lipinski definition) is 2. The fraction of sp³-hybridized carbons (Fsp3) is 0.250. The smallest absolute Gasteiger partial charge is 0.203 e. The van der Waals surface area contributed by atoms with Crippen LogP contribution in [0, 0.1) is 13.8 Å². The van der Waals surface area contributed by atoms with Crippen LogP contribution in [0.2, 0.25) is 0 Å². The Kier molecular flexibility index (Phi) is 2.23. The highest BCUT2D eigenvalue weighted by molar-refractivity contribution is 6.09. The molecule has 1 aliphatic rings. The van der Waals surface area contributed by atoms with Crippen LogP contribution in [0.3, 0.4) is 0 Å². The summed E-state index contributed by atoms with van der Waals surface area (Å²) in [6, 6.07) is 2.06. The zero-order valence-electron chi connectivity index (χ0n) is 9.14. The molecule has 0 saturated carbocycles. The summed E-state index contributed by atoms with van der Waals surface area (Å²) in [6.07, 6.45) is 3.47. The molecule has 0 fully saturated rings. The molecule has 0 aliphatic carbocycles. The SMILES string of the molecule is CC1=CC(=O)/C(=C/c2[nH]c(C)cc2C)N1. The van der Waals surface area contributed by atoms with Gasteiger partial charge in [0.05, 0.1) is 5.70 Å². The van der Waals surface area contributed by atoms with Crippen molar-refractivity contribution in [2.75, 3.05) is 0 Å². The first-order valence-electron chi connectivity index (χ1n) is 4.94. The number of H-pyrrole nitrogens is 1. The molecule has 0 atom stereocenters. The van der Waals surface area contributed by atoms with Gasteiger partial charge in [0.15, 0.2) is 0 Å². The van der Waals surface area contributed by atoms with Gasteiger partial charge in [-0.1, -0.05) is 0 Å². The third-order valence-corrected chi connectivity index (χ3v) is 2.42. The normalized spacial score (nSPS) is 18.2. The van der Waals surface area contributed by atoms with Crippen LogP contribution >= 0.6 is 0 Å². The fourth-order valence-corrected chi connectivity index (χ4v) is 1.74. The lowest BCUT2D eigenvalue weighted by Crippen LogP contribution is -2.07. The highest BCUT2D eigenvalue weighted by atomic mass is 16.1. The summed E-state index contributed by atoms with van der Waals surface area (Å²) in [5.41, 5.74) is 4.78. The molecule has 1 aliphatic heterocycles. The zero-order valence-corrected chi connectivity index (χ0v) is 9.14. The molecule has 0 amide bonds. The predicted molar refractivity (Wildman–Crippen MR) is 60.1 cm³/mol. The molecule has 2 heterocycles. The summed E-state index contributed by atoms with van der Waals surface area (Å²) in [4.78, 5) is 14.7. The number of ketones is 1. The number of carbonyl (C=O) groups excluding carboxylic acids is 1. The number of allylic oxidation sites excluding steroid dienone is 2. The van der Waals surface area contributed by atoms with E-state index in [2.05, 4.69) is 16.4 Å². The molecule has 0 spiro atoms. The van der Waals surface area contributed by atoms with Gasteiger partial charge in [0.1, 0.15) is 0 Å². The van der Waals surface area contributed by atoms with E-state index in [9.17, 15) is 4.79 Å². The van der Waals surface area contributed by atoms with Gasteiger partial charge in [-0.2, -0.15) is 0 Å². The van der Waals surface area contributed by atoms with E-state index < -0.39 is 0 Å². The van der Waals surface area contributed by atoms with Crippen molar-refractivity contribution in [3.63, 3.8) is 0 Å². The van der Waals surface area contributed by atoms with Crippen LogP contribution in [-0.2, 0) is 4.79 Å². The number of aromatic amines is 1. The summed E-state index contributed by atoms with van der Waals surface area (Å²) < 4.78 is 0. The average Bonchev–Trinajstić information content (AvgIpc) is 2.58. The molecule has 0 unspecified atom stereocenters. The maximum absolute atomic E-state index is 11.5. The second-order valence-corrected chi connectivity index (χ2v) is 3.92. The summed E-state index contributed by atoms with van der Waals surface area (Å²) in [7, 11) is 0. The third-order valence-electron chi connectivity index (χ3n) is 2.42. The van der Waals surface area contributed by atoms with Crippen molar-refractivity contribution in [2.24, 2.45) is 0 Å². The molecule has 0 bridgehead atoms. The first-order valence-corrected chi connectivity index (χ1v) is 4.94. The van der Waals surface area contributed by atoms with Gasteiger partial charge in [-0.3, -0.25) is 4.79 Å². The van der Waals surface area contributed by atoms with Crippen molar-refractivity contribution in [3.05, 3.63) is 40.5 Å². The first-order chi connectivity index (χ1) is 7.06. The maximum Gasteiger partial charge on any atom is 0.203 e.